The number of ether oxygens (including phenoxy) is 1. The summed E-state index contributed by atoms with van der Waals surface area (Å²) in [4.78, 5) is 10.9. The van der Waals surface area contributed by atoms with Crippen LogP contribution >= 0.6 is 12.0 Å². The Morgan fingerprint density at radius 1 is 1.31 bits per heavy atom. The van der Waals surface area contributed by atoms with Crippen molar-refractivity contribution in [1.82, 2.24) is 0 Å². The fraction of sp³-hybridized carbons (Fsp3) is 0.833. The summed E-state index contributed by atoms with van der Waals surface area (Å²) in [5.74, 6) is -2.22. The average Bonchev–Trinajstić information content (AvgIpc) is 2.10. The van der Waals surface area contributed by atoms with Crippen molar-refractivity contribution in [1.29, 1.82) is 0 Å². The molecule has 0 heterocycles. The Bertz CT molecular complexity index is 246. The van der Waals surface area contributed by atoms with E-state index >= 15 is 0 Å². The van der Waals surface area contributed by atoms with Crippen LogP contribution in [0.3, 0.4) is 0 Å². The lowest BCUT2D eigenvalue weighted by atomic mass is 10.3. The first kappa shape index (κ1) is 15.4. The maximum absolute atomic E-state index is 13.3. The molecule has 0 fully saturated rings. The summed E-state index contributed by atoms with van der Waals surface area (Å²) in [6.07, 6.45) is -6.57. The van der Waals surface area contributed by atoms with Gasteiger partial charge < -0.3 is 9.99 Å². The molecule has 1 atom stereocenters. The molecular weight excluding hydrogens is 260 g/mol. The minimum Gasteiger partial charge on any atom is -0.691 e. The van der Waals surface area contributed by atoms with E-state index in [2.05, 4.69) is 14.1 Å². The van der Waals surface area contributed by atoms with Crippen molar-refractivity contribution >= 4 is 18.0 Å². The van der Waals surface area contributed by atoms with Gasteiger partial charge in [-0.1, -0.05) is 0 Å². The number of hydrogen-bond acceptors (Lipinski definition) is 6. The second kappa shape index (κ2) is 5.66. The van der Waals surface area contributed by atoms with E-state index in [0.29, 0.717) is 0 Å². The summed E-state index contributed by atoms with van der Waals surface area (Å²) < 4.78 is 57.1. The van der Waals surface area contributed by atoms with Gasteiger partial charge in [0, 0.05) is 0 Å². The van der Waals surface area contributed by atoms with Crippen LogP contribution in [0.15, 0.2) is 0 Å². The molecule has 0 bridgehead atoms. The number of halogens is 4. The molecule has 0 saturated carbocycles. The minimum atomic E-state index is -5.61. The van der Waals surface area contributed by atoms with Crippen molar-refractivity contribution in [2.45, 2.75) is 31.1 Å². The molecule has 0 aliphatic heterocycles. The van der Waals surface area contributed by atoms with E-state index < -0.39 is 35.3 Å². The summed E-state index contributed by atoms with van der Waals surface area (Å²) in [7, 11) is 0. The standard InChI is InChI=1S/C6H8F4O5S/c1-3(2)13-4(11)5(7,6(8,9)10)16-15-14-12/h3,12H,1-2H3/p-1. The van der Waals surface area contributed by atoms with E-state index in [9.17, 15) is 27.6 Å². The Morgan fingerprint density at radius 2 is 1.81 bits per heavy atom. The summed E-state index contributed by atoms with van der Waals surface area (Å²) in [6.45, 7) is 2.45. The molecule has 16 heavy (non-hydrogen) atoms. The third kappa shape index (κ3) is 3.77. The highest BCUT2D eigenvalue weighted by Gasteiger charge is 2.66. The van der Waals surface area contributed by atoms with Crippen LogP contribution in [0.1, 0.15) is 13.8 Å². The van der Waals surface area contributed by atoms with Gasteiger partial charge in [0.25, 0.3) is 0 Å². The Morgan fingerprint density at radius 3 is 2.12 bits per heavy atom. The molecule has 10 heteroatoms. The zero-order valence-corrected chi connectivity index (χ0v) is 8.86. The number of esters is 1. The largest absolute Gasteiger partial charge is 0.691 e. The van der Waals surface area contributed by atoms with E-state index in [1.807, 2.05) is 0 Å². The second-order valence-electron chi connectivity index (χ2n) is 2.77. The highest BCUT2D eigenvalue weighted by molar-refractivity contribution is 7.96. The third-order valence-corrected chi connectivity index (χ3v) is 1.90. The van der Waals surface area contributed by atoms with Crippen molar-refractivity contribution in [3.8, 4) is 0 Å². The predicted octanol–water partition coefficient (Wildman–Crippen LogP) is 1.04. The topological polar surface area (TPSA) is 67.8 Å². The lowest BCUT2D eigenvalue weighted by Crippen LogP contribution is -2.47. The Hall–Kier alpha value is -0.580. The van der Waals surface area contributed by atoms with Gasteiger partial charge in [-0.05, 0) is 13.8 Å². The average molecular weight is 267 g/mol. The van der Waals surface area contributed by atoms with Crippen LogP contribution < -0.4 is 5.26 Å². The molecule has 0 aliphatic carbocycles. The summed E-state index contributed by atoms with van der Waals surface area (Å²) in [6, 6.07) is 0. The molecular formula is C6H7F4O5S-. The minimum absolute atomic E-state index is 0.959. The van der Waals surface area contributed by atoms with E-state index in [1.54, 1.807) is 0 Å². The van der Waals surface area contributed by atoms with Crippen LogP contribution in [0.25, 0.3) is 0 Å². The number of hydrogen-bond donors (Lipinski definition) is 0. The number of carbonyl (C=O) groups is 1. The Labute approximate surface area is 91.7 Å². The maximum Gasteiger partial charge on any atom is 0.446 e. The third-order valence-electron chi connectivity index (χ3n) is 1.15. The van der Waals surface area contributed by atoms with Gasteiger partial charge in [-0.3, -0.25) is 5.04 Å². The number of rotatable bonds is 5. The van der Waals surface area contributed by atoms with Gasteiger partial charge in [-0.25, -0.2) is 9.18 Å². The first-order chi connectivity index (χ1) is 7.15. The van der Waals surface area contributed by atoms with E-state index in [4.69, 9.17) is 0 Å². The summed E-state index contributed by atoms with van der Waals surface area (Å²) >= 11 is -1.12. The van der Waals surface area contributed by atoms with Crippen LogP contribution in [0.5, 0.6) is 0 Å². The van der Waals surface area contributed by atoms with Gasteiger partial charge in [-0.15, -0.1) is 0 Å². The Kier molecular flexibility index (Phi) is 5.46. The molecule has 0 aromatic rings. The molecule has 96 valence electrons. The van der Waals surface area contributed by atoms with Crippen molar-refractivity contribution in [2.75, 3.05) is 0 Å². The van der Waals surface area contributed by atoms with Crippen LogP contribution in [0, 0.1) is 0 Å². The van der Waals surface area contributed by atoms with E-state index in [0.717, 1.165) is 0 Å². The van der Waals surface area contributed by atoms with Gasteiger partial charge in [0.05, 0.1) is 18.1 Å². The summed E-state index contributed by atoms with van der Waals surface area (Å²) in [5, 5.41) is 7.36. The molecule has 0 N–H and O–H groups in total. The monoisotopic (exact) mass is 267 g/mol. The SMILES string of the molecule is CC(C)OC(=O)C(F)(SOO[O-])C(F)(F)F. The maximum atomic E-state index is 13.3. The fourth-order valence-electron chi connectivity index (χ4n) is 0.548. The van der Waals surface area contributed by atoms with Gasteiger partial charge >= 0.3 is 17.1 Å². The van der Waals surface area contributed by atoms with Crippen molar-refractivity contribution in [2.24, 2.45) is 0 Å². The predicted molar refractivity (Wildman–Crippen MR) is 40.9 cm³/mol. The highest BCUT2D eigenvalue weighted by Crippen LogP contribution is 2.44. The van der Waals surface area contributed by atoms with Crippen LogP contribution in [0.2, 0.25) is 0 Å². The summed E-state index contributed by atoms with van der Waals surface area (Å²) in [5.41, 5.74) is 0. The van der Waals surface area contributed by atoms with Gasteiger partial charge in [0.2, 0.25) is 0 Å². The number of carbonyl (C=O) groups excluding carboxylic acids is 1. The first-order valence-electron chi connectivity index (χ1n) is 3.76. The molecule has 0 amide bonds. The van der Waals surface area contributed by atoms with Crippen LogP contribution in [0.4, 0.5) is 17.6 Å². The van der Waals surface area contributed by atoms with Crippen molar-refractivity contribution in [3.63, 3.8) is 0 Å². The molecule has 0 rings (SSSR count). The van der Waals surface area contributed by atoms with Crippen molar-refractivity contribution < 1.29 is 41.7 Å². The molecule has 0 spiro atoms. The molecule has 5 nitrogen and oxygen atoms in total. The van der Waals surface area contributed by atoms with Gasteiger partial charge in [0.1, 0.15) is 0 Å². The van der Waals surface area contributed by atoms with E-state index in [1.165, 1.54) is 13.8 Å². The molecule has 1 unspecified atom stereocenters. The van der Waals surface area contributed by atoms with Gasteiger partial charge in [-0.2, -0.15) is 17.5 Å². The van der Waals surface area contributed by atoms with E-state index in [-0.39, 0.29) is 0 Å². The quantitative estimate of drug-likeness (QED) is 0.244. The highest BCUT2D eigenvalue weighted by atomic mass is 32.2. The molecule has 0 aliphatic rings. The molecule has 0 radical (unpaired) electrons. The molecule has 0 aromatic carbocycles. The zero-order chi connectivity index (χ0) is 13.0. The lowest BCUT2D eigenvalue weighted by Gasteiger charge is -2.24. The molecule has 0 aromatic heterocycles. The van der Waals surface area contributed by atoms with Gasteiger partial charge in [0.15, 0.2) is 0 Å². The number of alkyl halides is 4. The van der Waals surface area contributed by atoms with Crippen LogP contribution in [-0.2, 0) is 18.9 Å². The molecule has 0 saturated heterocycles. The fourth-order valence-corrected chi connectivity index (χ4v) is 0.880. The Balaban J connectivity index is 4.85. The zero-order valence-electron chi connectivity index (χ0n) is 8.04. The lowest BCUT2D eigenvalue weighted by molar-refractivity contribution is -0.777. The smallest absolute Gasteiger partial charge is 0.446 e. The first-order valence-corrected chi connectivity index (χ1v) is 4.50. The van der Waals surface area contributed by atoms with Crippen LogP contribution in [-0.4, -0.2) is 23.3 Å². The second-order valence-corrected chi connectivity index (χ2v) is 3.63. The normalized spacial score (nSPS) is 16.0. The van der Waals surface area contributed by atoms with Crippen molar-refractivity contribution in [3.05, 3.63) is 0 Å².